The highest BCUT2D eigenvalue weighted by Gasteiger charge is 2.22. The molecule has 0 aliphatic carbocycles. The van der Waals surface area contributed by atoms with Crippen molar-refractivity contribution in [2.45, 2.75) is 13.0 Å². The number of rotatable bonds is 5. The molecular weight excluding hydrogens is 292 g/mol. The fourth-order valence-electron chi connectivity index (χ4n) is 1.80. The zero-order chi connectivity index (χ0) is 16.3. The first-order valence-electron chi connectivity index (χ1n) is 6.56. The van der Waals surface area contributed by atoms with Gasteiger partial charge in [-0.2, -0.15) is 0 Å². The third kappa shape index (κ3) is 3.27. The average Bonchev–Trinajstić information content (AvgIpc) is 2.97. The molecule has 0 fully saturated rings. The van der Waals surface area contributed by atoms with Crippen LogP contribution in [-0.2, 0) is 9.59 Å². The van der Waals surface area contributed by atoms with Gasteiger partial charge in [0.2, 0.25) is 12.7 Å². The molecule has 2 rings (SSSR count). The third-order valence-corrected chi connectivity index (χ3v) is 3.37. The Morgan fingerprint density at radius 1 is 1.32 bits per heavy atom. The largest absolute Gasteiger partial charge is 0.480 e. The van der Waals surface area contributed by atoms with E-state index in [9.17, 15) is 14.4 Å². The third-order valence-electron chi connectivity index (χ3n) is 3.37. The highest BCUT2D eigenvalue weighted by molar-refractivity contribution is 5.97. The topological polar surface area (TPSA) is 105 Å². The van der Waals surface area contributed by atoms with Gasteiger partial charge in [0.25, 0.3) is 5.91 Å². The molecule has 22 heavy (non-hydrogen) atoms. The molecule has 1 aliphatic rings. The second-order valence-corrected chi connectivity index (χ2v) is 4.77. The first-order valence-corrected chi connectivity index (χ1v) is 6.56. The van der Waals surface area contributed by atoms with Crippen LogP contribution in [0.3, 0.4) is 0 Å². The molecule has 0 bridgehead atoms. The molecule has 1 atom stereocenters. The number of carboxylic acid groups (broad SMARTS) is 1. The number of benzene rings is 1. The van der Waals surface area contributed by atoms with Crippen molar-refractivity contribution in [3.8, 4) is 11.5 Å². The minimum absolute atomic E-state index is 0.108. The van der Waals surface area contributed by atoms with Gasteiger partial charge < -0.3 is 24.8 Å². The molecule has 1 aromatic carbocycles. The molecule has 118 valence electrons. The number of fused-ring (bicyclic) bond motifs is 1. The molecular formula is C14H16N2O6. The van der Waals surface area contributed by atoms with Crippen LogP contribution < -0.4 is 14.8 Å². The standard InChI is InChI=1S/C14H16N2O6/c1-8(14(19)20)16(2)12(17)6-15-13(18)9-3-4-10-11(5-9)22-7-21-10/h3-5,8H,6-7H2,1-2H3,(H,15,18)(H,19,20). The molecule has 0 spiro atoms. The lowest BCUT2D eigenvalue weighted by Crippen LogP contribution is -2.45. The zero-order valence-corrected chi connectivity index (χ0v) is 12.2. The number of carbonyl (C=O) groups excluding carboxylic acids is 2. The van der Waals surface area contributed by atoms with Gasteiger partial charge in [-0.25, -0.2) is 4.79 Å². The minimum atomic E-state index is -1.11. The number of carbonyl (C=O) groups is 3. The van der Waals surface area contributed by atoms with Crippen LogP contribution in [0.25, 0.3) is 0 Å². The fourth-order valence-corrected chi connectivity index (χ4v) is 1.80. The van der Waals surface area contributed by atoms with Crippen LogP contribution in [0.15, 0.2) is 18.2 Å². The summed E-state index contributed by atoms with van der Waals surface area (Å²) < 4.78 is 10.3. The number of amides is 2. The Hall–Kier alpha value is -2.77. The van der Waals surface area contributed by atoms with Crippen LogP contribution >= 0.6 is 0 Å². The fraction of sp³-hybridized carbons (Fsp3) is 0.357. The summed E-state index contributed by atoms with van der Waals surface area (Å²) in [4.78, 5) is 35.7. The van der Waals surface area contributed by atoms with Crippen molar-refractivity contribution >= 4 is 17.8 Å². The maximum absolute atomic E-state index is 12.0. The van der Waals surface area contributed by atoms with Crippen molar-refractivity contribution in [1.29, 1.82) is 0 Å². The van der Waals surface area contributed by atoms with Crippen LogP contribution in [0.1, 0.15) is 17.3 Å². The average molecular weight is 308 g/mol. The second-order valence-electron chi connectivity index (χ2n) is 4.77. The molecule has 2 N–H and O–H groups in total. The van der Waals surface area contributed by atoms with Crippen LogP contribution in [0.2, 0.25) is 0 Å². The molecule has 0 saturated heterocycles. The predicted molar refractivity (Wildman–Crippen MR) is 74.8 cm³/mol. The minimum Gasteiger partial charge on any atom is -0.480 e. The normalized spacial score (nSPS) is 13.4. The molecule has 1 heterocycles. The maximum atomic E-state index is 12.0. The van der Waals surface area contributed by atoms with Gasteiger partial charge in [-0.3, -0.25) is 9.59 Å². The number of nitrogens with zero attached hydrogens (tertiary/aromatic N) is 1. The first-order chi connectivity index (χ1) is 10.4. The number of hydrogen-bond acceptors (Lipinski definition) is 5. The lowest BCUT2D eigenvalue weighted by molar-refractivity contribution is -0.147. The lowest BCUT2D eigenvalue weighted by Gasteiger charge is -2.21. The Kier molecular flexibility index (Phi) is 4.50. The number of nitrogens with one attached hydrogen (secondary N) is 1. The number of hydrogen-bond donors (Lipinski definition) is 2. The van der Waals surface area contributed by atoms with E-state index in [0.717, 1.165) is 4.90 Å². The summed E-state index contributed by atoms with van der Waals surface area (Å²) in [5.74, 6) is -1.04. The van der Waals surface area contributed by atoms with E-state index in [4.69, 9.17) is 14.6 Å². The quantitative estimate of drug-likeness (QED) is 0.798. The van der Waals surface area contributed by atoms with Gasteiger partial charge in [0.1, 0.15) is 6.04 Å². The Labute approximate surface area is 126 Å². The molecule has 0 aromatic heterocycles. The van der Waals surface area contributed by atoms with Gasteiger partial charge in [-0.15, -0.1) is 0 Å². The first kappa shape index (κ1) is 15.6. The van der Waals surface area contributed by atoms with Crippen molar-refractivity contribution in [1.82, 2.24) is 10.2 Å². The van der Waals surface area contributed by atoms with E-state index in [2.05, 4.69) is 5.32 Å². The van der Waals surface area contributed by atoms with E-state index in [-0.39, 0.29) is 13.3 Å². The van der Waals surface area contributed by atoms with E-state index in [1.54, 1.807) is 12.1 Å². The Bertz CT molecular complexity index is 615. The van der Waals surface area contributed by atoms with Gasteiger partial charge in [-0.05, 0) is 25.1 Å². The molecule has 1 aromatic rings. The monoisotopic (exact) mass is 308 g/mol. The summed E-state index contributed by atoms with van der Waals surface area (Å²) in [7, 11) is 1.37. The Morgan fingerprint density at radius 2 is 2.00 bits per heavy atom. The Morgan fingerprint density at radius 3 is 2.68 bits per heavy atom. The van der Waals surface area contributed by atoms with Crippen molar-refractivity contribution in [3.05, 3.63) is 23.8 Å². The summed E-state index contributed by atoms with van der Waals surface area (Å²) in [5.41, 5.74) is 0.325. The molecule has 1 aliphatic heterocycles. The zero-order valence-electron chi connectivity index (χ0n) is 12.2. The summed E-state index contributed by atoms with van der Waals surface area (Å²) in [5, 5.41) is 11.3. The van der Waals surface area contributed by atoms with Gasteiger partial charge in [-0.1, -0.05) is 0 Å². The molecule has 8 nitrogen and oxygen atoms in total. The van der Waals surface area contributed by atoms with Gasteiger partial charge in [0, 0.05) is 12.6 Å². The smallest absolute Gasteiger partial charge is 0.326 e. The van der Waals surface area contributed by atoms with Crippen molar-refractivity contribution < 1.29 is 29.0 Å². The predicted octanol–water partition coefficient (Wildman–Crippen LogP) is 0.0766. The number of ether oxygens (including phenoxy) is 2. The number of aliphatic carboxylic acids is 1. The van der Waals surface area contributed by atoms with E-state index >= 15 is 0 Å². The van der Waals surface area contributed by atoms with E-state index in [0.29, 0.717) is 17.1 Å². The van der Waals surface area contributed by atoms with Gasteiger partial charge >= 0.3 is 5.97 Å². The highest BCUT2D eigenvalue weighted by atomic mass is 16.7. The summed E-state index contributed by atoms with van der Waals surface area (Å²) in [6.45, 7) is 1.21. The molecule has 0 saturated carbocycles. The Balaban J connectivity index is 1.92. The summed E-state index contributed by atoms with van der Waals surface area (Å²) in [6, 6.07) is 3.72. The number of likely N-dealkylation sites (N-methyl/N-ethyl adjacent to an activating group) is 1. The summed E-state index contributed by atoms with van der Waals surface area (Å²) in [6.07, 6.45) is 0. The molecule has 8 heteroatoms. The van der Waals surface area contributed by atoms with Crippen LogP contribution in [-0.4, -0.2) is 54.2 Å². The molecule has 0 radical (unpaired) electrons. The van der Waals surface area contributed by atoms with Crippen molar-refractivity contribution in [2.75, 3.05) is 20.4 Å². The van der Waals surface area contributed by atoms with E-state index in [1.807, 2.05) is 0 Å². The molecule has 2 amide bonds. The lowest BCUT2D eigenvalue weighted by atomic mass is 10.2. The van der Waals surface area contributed by atoms with Gasteiger partial charge in [0.05, 0.1) is 6.54 Å². The SMILES string of the molecule is CC(C(=O)O)N(C)C(=O)CNC(=O)c1ccc2c(c1)OCO2. The van der Waals surface area contributed by atoms with Crippen molar-refractivity contribution in [3.63, 3.8) is 0 Å². The summed E-state index contributed by atoms with van der Waals surface area (Å²) >= 11 is 0. The van der Waals surface area contributed by atoms with Crippen LogP contribution in [0.5, 0.6) is 11.5 Å². The molecule has 1 unspecified atom stereocenters. The van der Waals surface area contributed by atoms with E-state index in [1.165, 1.54) is 20.0 Å². The second kappa shape index (κ2) is 6.33. The van der Waals surface area contributed by atoms with Gasteiger partial charge in [0.15, 0.2) is 11.5 Å². The van der Waals surface area contributed by atoms with Crippen molar-refractivity contribution in [2.24, 2.45) is 0 Å². The van der Waals surface area contributed by atoms with Crippen LogP contribution in [0, 0.1) is 0 Å². The van der Waals surface area contributed by atoms with E-state index < -0.39 is 23.8 Å². The highest BCUT2D eigenvalue weighted by Crippen LogP contribution is 2.32. The van der Waals surface area contributed by atoms with Crippen LogP contribution in [0.4, 0.5) is 0 Å². The number of carboxylic acids is 1. The maximum Gasteiger partial charge on any atom is 0.326 e.